The van der Waals surface area contributed by atoms with Crippen molar-refractivity contribution in [1.82, 2.24) is 47.9 Å². The number of carboxylic acid groups (broad SMARTS) is 1. The maximum atomic E-state index is 13.9. The lowest BCUT2D eigenvalue weighted by Crippen LogP contribution is -2.62. The van der Waals surface area contributed by atoms with Crippen LogP contribution in [0.1, 0.15) is 121 Å². The molecule has 428 valence electrons. The van der Waals surface area contributed by atoms with Crippen LogP contribution in [0, 0.1) is 29.6 Å². The van der Waals surface area contributed by atoms with Crippen LogP contribution in [0.4, 0.5) is 0 Å². The van der Waals surface area contributed by atoms with Gasteiger partial charge in [0.2, 0.25) is 59.1 Å². The van der Waals surface area contributed by atoms with Gasteiger partial charge in [0, 0.05) is 6.42 Å². The molecule has 0 bridgehead atoms. The highest BCUT2D eigenvalue weighted by Gasteiger charge is 2.37. The third-order valence-electron chi connectivity index (χ3n) is 12.6. The number of rotatable bonds is 33. The molecule has 0 aliphatic carbocycles. The van der Waals surface area contributed by atoms with Crippen molar-refractivity contribution < 1.29 is 68.1 Å². The third-order valence-corrected chi connectivity index (χ3v) is 12.6. The van der Waals surface area contributed by atoms with Crippen LogP contribution in [-0.4, -0.2) is 147 Å². The van der Waals surface area contributed by atoms with Gasteiger partial charge in [-0.25, -0.2) is 4.79 Å². The number of nitrogens with one attached hydrogen (secondary N) is 9. The van der Waals surface area contributed by atoms with Gasteiger partial charge in [0.15, 0.2) is 0 Å². The number of phenolic OH excluding ortho intramolecular Hbond substituents is 1. The van der Waals surface area contributed by atoms with Crippen LogP contribution in [0.15, 0.2) is 24.3 Å². The Labute approximate surface area is 445 Å². The summed E-state index contributed by atoms with van der Waals surface area (Å²) in [7, 11) is 0. The van der Waals surface area contributed by atoms with E-state index in [1.165, 1.54) is 38.1 Å². The molecule has 0 aliphatic rings. The van der Waals surface area contributed by atoms with Crippen LogP contribution < -0.4 is 59.3 Å². The van der Waals surface area contributed by atoms with E-state index in [0.29, 0.717) is 24.8 Å². The lowest BCUT2D eigenvalue weighted by molar-refractivity contribution is -0.144. The van der Waals surface area contributed by atoms with Crippen molar-refractivity contribution in [3.05, 3.63) is 29.8 Å². The first kappa shape index (κ1) is 67.1. The van der Waals surface area contributed by atoms with Gasteiger partial charge in [0.25, 0.3) is 0 Å². The second-order valence-corrected chi connectivity index (χ2v) is 20.6. The first-order valence-electron chi connectivity index (χ1n) is 25.8. The smallest absolute Gasteiger partial charge is 0.326 e. The van der Waals surface area contributed by atoms with Gasteiger partial charge >= 0.3 is 5.97 Å². The molecule has 0 fully saturated rings. The van der Waals surface area contributed by atoms with Crippen molar-refractivity contribution in [2.45, 2.75) is 182 Å². The number of aliphatic hydroxyl groups excluding tert-OH is 1. The molecule has 0 aliphatic heterocycles. The number of hydrogen-bond acceptors (Lipinski definition) is 14. The number of phenols is 1. The van der Waals surface area contributed by atoms with E-state index in [-0.39, 0.29) is 30.4 Å². The molecule has 0 spiro atoms. The number of carbonyl (C=O) groups is 11. The monoisotopic (exact) mass is 1080 g/mol. The van der Waals surface area contributed by atoms with Crippen LogP contribution in [0.25, 0.3) is 0 Å². The minimum atomic E-state index is -1.70. The van der Waals surface area contributed by atoms with Crippen molar-refractivity contribution in [3.63, 3.8) is 0 Å². The van der Waals surface area contributed by atoms with E-state index in [9.17, 15) is 68.1 Å². The summed E-state index contributed by atoms with van der Waals surface area (Å²) in [5.74, 6) is -11.7. The van der Waals surface area contributed by atoms with E-state index < -0.39 is 156 Å². The molecular formula is C51H85N11O14. The molecule has 1 aromatic carbocycles. The van der Waals surface area contributed by atoms with E-state index in [0.717, 1.165) is 0 Å². The maximum Gasteiger partial charge on any atom is 0.326 e. The fraction of sp³-hybridized carbons (Fsp3) is 0.667. The summed E-state index contributed by atoms with van der Waals surface area (Å²) in [4.78, 5) is 145. The number of hydrogen-bond donors (Lipinski definition) is 14. The fourth-order valence-electron chi connectivity index (χ4n) is 7.56. The summed E-state index contributed by atoms with van der Waals surface area (Å²) in [5.41, 5.74) is 11.6. The van der Waals surface area contributed by atoms with E-state index >= 15 is 0 Å². The van der Waals surface area contributed by atoms with Gasteiger partial charge in [-0.2, -0.15) is 0 Å². The second kappa shape index (κ2) is 32.5. The topological polar surface area (TPSA) is 409 Å². The highest BCUT2D eigenvalue weighted by Crippen LogP contribution is 2.16. The Morgan fingerprint density at radius 2 is 0.882 bits per heavy atom. The zero-order valence-corrected chi connectivity index (χ0v) is 45.9. The summed E-state index contributed by atoms with van der Waals surface area (Å²) in [6.45, 7) is 19.2. The standard InChI is InChI=1S/C51H85N11O14/c1-13-27(9)40(49(73)58-36(51(75)76)22-38(53)65)62-46(70)35(21-31-15-17-32(64)18-16-31)56-42(66)29(11)55-47(71)37(23-63)59-48(72)39(26(7)8)60-50(74)41(28(10)14-2)61-43(67)30(12)54-45(69)34(20-25(5)6)57-44(68)33(52)19-24(3)4/h15-18,24-30,33-37,39-41,63-64H,13-14,19-23,52H2,1-12H3,(H2,53,65)(H,54,69)(H,55,71)(H,56,66)(H,57,68)(H,58,73)(H,59,72)(H,60,74)(H,61,67)(H,62,70)(H,75,76)/t27-,28-,29-,30-,33-,34-,35-,36-,37-,39-,40-,41-/m0/s1. The normalized spacial score (nSPS) is 16.1. The highest BCUT2D eigenvalue weighted by molar-refractivity contribution is 5.99. The van der Waals surface area contributed by atoms with Crippen molar-refractivity contribution in [2.24, 2.45) is 41.1 Å². The van der Waals surface area contributed by atoms with Crippen molar-refractivity contribution >= 4 is 65.0 Å². The molecule has 0 saturated carbocycles. The quantitative estimate of drug-likeness (QED) is 0.0379. The van der Waals surface area contributed by atoms with E-state index in [1.807, 2.05) is 27.7 Å². The number of primary amides is 1. The molecule has 10 amide bonds. The summed E-state index contributed by atoms with van der Waals surface area (Å²) in [6, 6.07) is -7.62. The highest BCUT2D eigenvalue weighted by atomic mass is 16.4. The fourth-order valence-corrected chi connectivity index (χ4v) is 7.56. The van der Waals surface area contributed by atoms with Gasteiger partial charge < -0.3 is 74.6 Å². The molecule has 25 nitrogen and oxygen atoms in total. The number of carboxylic acids is 1. The number of carbonyl (C=O) groups excluding carboxylic acids is 10. The van der Waals surface area contributed by atoms with Crippen LogP contribution in [-0.2, 0) is 59.2 Å². The average Bonchev–Trinajstić information content (AvgIpc) is 3.33. The summed E-state index contributed by atoms with van der Waals surface area (Å²) < 4.78 is 0. The average molecular weight is 1080 g/mol. The minimum absolute atomic E-state index is 0.0188. The first-order chi connectivity index (χ1) is 35.4. The Morgan fingerprint density at radius 1 is 0.487 bits per heavy atom. The van der Waals surface area contributed by atoms with Crippen molar-refractivity contribution in [1.29, 1.82) is 0 Å². The van der Waals surface area contributed by atoms with Crippen LogP contribution in [0.2, 0.25) is 0 Å². The Bertz CT molecular complexity index is 2160. The Kier molecular flexibility index (Phi) is 28.7. The largest absolute Gasteiger partial charge is 0.508 e. The summed E-state index contributed by atoms with van der Waals surface area (Å²) >= 11 is 0. The number of nitrogens with two attached hydrogens (primary N) is 2. The van der Waals surface area contributed by atoms with Crippen LogP contribution in [0.5, 0.6) is 5.75 Å². The van der Waals surface area contributed by atoms with Gasteiger partial charge in [0.1, 0.15) is 60.1 Å². The van der Waals surface area contributed by atoms with Crippen molar-refractivity contribution in [2.75, 3.05) is 6.61 Å². The number of aliphatic carboxylic acids is 1. The lowest BCUT2D eigenvalue weighted by atomic mass is 9.96. The molecule has 0 heterocycles. The number of amides is 10. The summed E-state index contributed by atoms with van der Waals surface area (Å²) in [6.07, 6.45) is 0.407. The molecule has 76 heavy (non-hydrogen) atoms. The second-order valence-electron chi connectivity index (χ2n) is 20.6. The van der Waals surface area contributed by atoms with Gasteiger partial charge in [-0.1, -0.05) is 94.2 Å². The van der Waals surface area contributed by atoms with E-state index in [1.54, 1.807) is 41.5 Å². The minimum Gasteiger partial charge on any atom is -0.508 e. The molecule has 0 saturated heterocycles. The predicted octanol–water partition coefficient (Wildman–Crippen LogP) is -1.54. The van der Waals surface area contributed by atoms with E-state index in [4.69, 9.17) is 11.5 Å². The molecule has 16 N–H and O–H groups in total. The lowest BCUT2D eigenvalue weighted by Gasteiger charge is -2.30. The number of aromatic hydroxyl groups is 1. The van der Waals surface area contributed by atoms with Gasteiger partial charge in [-0.3, -0.25) is 47.9 Å². The number of aliphatic hydroxyl groups is 1. The van der Waals surface area contributed by atoms with E-state index in [2.05, 4.69) is 47.9 Å². The molecule has 0 unspecified atom stereocenters. The zero-order chi connectivity index (χ0) is 58.3. The van der Waals surface area contributed by atoms with Crippen LogP contribution >= 0.6 is 0 Å². The number of benzene rings is 1. The maximum absolute atomic E-state index is 13.9. The van der Waals surface area contributed by atoms with Crippen LogP contribution in [0.3, 0.4) is 0 Å². The Morgan fingerprint density at radius 3 is 1.33 bits per heavy atom. The Hall–Kier alpha value is -6.89. The van der Waals surface area contributed by atoms with Gasteiger partial charge in [0.05, 0.1) is 19.1 Å². The van der Waals surface area contributed by atoms with Crippen molar-refractivity contribution in [3.8, 4) is 5.75 Å². The molecule has 25 heteroatoms. The summed E-state index contributed by atoms with van der Waals surface area (Å²) in [5, 5.41) is 52.3. The molecular weight excluding hydrogens is 991 g/mol. The Balaban J connectivity index is 3.25. The molecule has 1 rings (SSSR count). The zero-order valence-electron chi connectivity index (χ0n) is 45.9. The molecule has 12 atom stereocenters. The molecule has 1 aromatic rings. The molecule has 0 radical (unpaired) electrons. The SMILES string of the molecule is CC[C@H](C)[C@H](NC(=O)[C@H](C)NC(=O)[C@H](CC(C)C)NC(=O)[C@@H](N)CC(C)C)C(=O)N[C@H](C(=O)N[C@@H](CO)C(=O)N[C@@H](C)C(=O)N[C@@H](Cc1ccc(O)cc1)C(=O)N[C@H](C(=O)N[C@@H](CC(N)=O)C(=O)O)[C@@H](C)CC)C(C)C. The third kappa shape index (κ3) is 22.9. The molecule has 0 aromatic heterocycles. The first-order valence-corrected chi connectivity index (χ1v) is 25.8. The van der Waals surface area contributed by atoms with Gasteiger partial charge in [-0.05, 0) is 74.0 Å². The predicted molar refractivity (Wildman–Crippen MR) is 280 cm³/mol. The van der Waals surface area contributed by atoms with Gasteiger partial charge in [-0.15, -0.1) is 0 Å².